The summed E-state index contributed by atoms with van der Waals surface area (Å²) in [5.74, 6) is 0.761. The van der Waals surface area contributed by atoms with Crippen molar-refractivity contribution in [3.05, 3.63) is 46.7 Å². The predicted octanol–water partition coefficient (Wildman–Crippen LogP) is 4.21. The van der Waals surface area contributed by atoms with Gasteiger partial charge in [0.1, 0.15) is 17.9 Å². The summed E-state index contributed by atoms with van der Waals surface area (Å²) in [7, 11) is 0. The molecule has 0 aliphatic rings. The van der Waals surface area contributed by atoms with E-state index in [1.807, 2.05) is 28.9 Å². The van der Waals surface area contributed by atoms with Crippen molar-refractivity contribution < 1.29 is 4.74 Å². The summed E-state index contributed by atoms with van der Waals surface area (Å²) >= 11 is 3.60. The van der Waals surface area contributed by atoms with Crippen LogP contribution in [0.1, 0.15) is 26.3 Å². The first-order valence-corrected chi connectivity index (χ1v) is 8.27. The van der Waals surface area contributed by atoms with Gasteiger partial charge in [-0.15, -0.1) is 5.10 Å². The Hall–Kier alpha value is -1.95. The first-order valence-electron chi connectivity index (χ1n) is 7.47. The first kappa shape index (κ1) is 15.9. The molecule has 0 unspecified atom stereocenters. The zero-order valence-electron chi connectivity index (χ0n) is 13.5. The Kier molecular flexibility index (Phi) is 4.35. The zero-order valence-corrected chi connectivity index (χ0v) is 15.0. The Balaban J connectivity index is 1.85. The van der Waals surface area contributed by atoms with Crippen LogP contribution in [0.5, 0.6) is 5.75 Å². The fourth-order valence-corrected chi connectivity index (χ4v) is 2.83. The molecule has 0 aliphatic heterocycles. The summed E-state index contributed by atoms with van der Waals surface area (Å²) < 4.78 is 8.66. The van der Waals surface area contributed by atoms with E-state index in [0.29, 0.717) is 6.61 Å². The lowest BCUT2D eigenvalue weighted by Gasteiger charge is -2.18. The van der Waals surface area contributed by atoms with E-state index in [1.54, 1.807) is 12.4 Å². The lowest BCUT2D eigenvalue weighted by Crippen LogP contribution is -2.16. The van der Waals surface area contributed by atoms with Crippen molar-refractivity contribution in [2.24, 2.45) is 5.41 Å². The third-order valence-corrected chi connectivity index (χ3v) is 4.12. The molecule has 0 amide bonds. The van der Waals surface area contributed by atoms with Crippen LogP contribution in [0.4, 0.5) is 0 Å². The first-order chi connectivity index (χ1) is 10.9. The number of benzene rings is 1. The van der Waals surface area contributed by atoms with Gasteiger partial charge in [-0.25, -0.2) is 4.68 Å². The smallest absolute Gasteiger partial charge is 0.136 e. The van der Waals surface area contributed by atoms with Crippen molar-refractivity contribution in [2.45, 2.75) is 33.9 Å². The highest BCUT2D eigenvalue weighted by molar-refractivity contribution is 9.10. The van der Waals surface area contributed by atoms with Gasteiger partial charge in [0.2, 0.25) is 0 Å². The van der Waals surface area contributed by atoms with Crippen molar-refractivity contribution in [1.82, 2.24) is 20.0 Å². The van der Waals surface area contributed by atoms with E-state index in [0.717, 1.165) is 33.4 Å². The Morgan fingerprint density at radius 2 is 1.87 bits per heavy atom. The monoisotopic (exact) mass is 374 g/mol. The molecular weight excluding hydrogens is 356 g/mol. The minimum atomic E-state index is 0.142. The van der Waals surface area contributed by atoms with E-state index in [4.69, 9.17) is 4.74 Å². The topological polar surface area (TPSA) is 52.8 Å². The van der Waals surface area contributed by atoms with E-state index < -0.39 is 0 Å². The van der Waals surface area contributed by atoms with Crippen LogP contribution in [0.25, 0.3) is 11.0 Å². The normalized spacial score (nSPS) is 11.8. The van der Waals surface area contributed by atoms with Gasteiger partial charge in [-0.1, -0.05) is 26.0 Å². The van der Waals surface area contributed by atoms with Gasteiger partial charge in [0.15, 0.2) is 0 Å². The summed E-state index contributed by atoms with van der Waals surface area (Å²) in [6, 6.07) is 7.84. The molecule has 23 heavy (non-hydrogen) atoms. The molecule has 0 fully saturated rings. The van der Waals surface area contributed by atoms with Crippen molar-refractivity contribution in [1.29, 1.82) is 0 Å². The molecule has 1 aromatic carbocycles. The van der Waals surface area contributed by atoms with Gasteiger partial charge in [0, 0.05) is 18.9 Å². The molecule has 2 heterocycles. The SMILES string of the molecule is CC(C)(C)Cn1nnc2c(Br)c(OCc3ccncc3)ccc21. The van der Waals surface area contributed by atoms with Crippen molar-refractivity contribution >= 4 is 27.0 Å². The van der Waals surface area contributed by atoms with Crippen LogP contribution < -0.4 is 4.74 Å². The highest BCUT2D eigenvalue weighted by atomic mass is 79.9. The number of ether oxygens (including phenoxy) is 1. The maximum absolute atomic E-state index is 5.89. The van der Waals surface area contributed by atoms with E-state index >= 15 is 0 Å². The largest absolute Gasteiger partial charge is 0.488 e. The molecule has 120 valence electrons. The summed E-state index contributed by atoms with van der Waals surface area (Å²) in [4.78, 5) is 4.00. The van der Waals surface area contributed by atoms with Crippen LogP contribution in [0.2, 0.25) is 0 Å². The number of fused-ring (bicyclic) bond motifs is 1. The van der Waals surface area contributed by atoms with Gasteiger partial charge in [-0.2, -0.15) is 0 Å². The number of halogens is 1. The van der Waals surface area contributed by atoms with E-state index in [-0.39, 0.29) is 5.41 Å². The molecule has 0 bridgehead atoms. The molecule has 0 N–H and O–H groups in total. The second-order valence-corrected chi connectivity index (χ2v) is 7.49. The van der Waals surface area contributed by atoms with Crippen molar-refractivity contribution in [2.75, 3.05) is 0 Å². The molecule has 3 rings (SSSR count). The van der Waals surface area contributed by atoms with Gasteiger partial charge in [-0.3, -0.25) is 4.98 Å². The highest BCUT2D eigenvalue weighted by Gasteiger charge is 2.17. The third kappa shape index (κ3) is 3.69. The van der Waals surface area contributed by atoms with E-state index in [1.165, 1.54) is 0 Å². The fourth-order valence-electron chi connectivity index (χ4n) is 2.30. The average Bonchev–Trinajstić information content (AvgIpc) is 2.89. The molecule has 5 nitrogen and oxygen atoms in total. The van der Waals surface area contributed by atoms with Crippen LogP contribution in [0, 0.1) is 5.41 Å². The summed E-state index contributed by atoms with van der Waals surface area (Å²) in [5, 5.41) is 8.57. The third-order valence-electron chi connectivity index (χ3n) is 3.36. The number of pyridine rings is 1. The minimum absolute atomic E-state index is 0.142. The van der Waals surface area contributed by atoms with Crippen LogP contribution in [0.15, 0.2) is 41.1 Å². The molecule has 0 saturated heterocycles. The van der Waals surface area contributed by atoms with Gasteiger partial charge < -0.3 is 4.74 Å². The molecule has 0 atom stereocenters. The maximum Gasteiger partial charge on any atom is 0.136 e. The van der Waals surface area contributed by atoms with Crippen LogP contribution in [-0.2, 0) is 13.2 Å². The van der Waals surface area contributed by atoms with Crippen molar-refractivity contribution in [3.8, 4) is 5.75 Å². The predicted molar refractivity (Wildman–Crippen MR) is 93.3 cm³/mol. The summed E-state index contributed by atoms with van der Waals surface area (Å²) in [6.45, 7) is 7.85. The Morgan fingerprint density at radius 1 is 1.13 bits per heavy atom. The van der Waals surface area contributed by atoms with E-state index in [9.17, 15) is 0 Å². The molecule has 0 aliphatic carbocycles. The van der Waals surface area contributed by atoms with Crippen LogP contribution >= 0.6 is 15.9 Å². The maximum atomic E-state index is 5.89. The number of hydrogen-bond acceptors (Lipinski definition) is 4. The number of aromatic nitrogens is 4. The van der Waals surface area contributed by atoms with Crippen LogP contribution in [0.3, 0.4) is 0 Å². The zero-order chi connectivity index (χ0) is 16.4. The molecule has 0 saturated carbocycles. The second-order valence-electron chi connectivity index (χ2n) is 6.70. The number of nitrogens with zero attached hydrogens (tertiary/aromatic N) is 4. The Labute approximate surface area is 143 Å². The lowest BCUT2D eigenvalue weighted by atomic mass is 9.97. The van der Waals surface area contributed by atoms with Gasteiger partial charge >= 0.3 is 0 Å². The quantitative estimate of drug-likeness (QED) is 0.685. The minimum Gasteiger partial charge on any atom is -0.488 e. The standard InChI is InChI=1S/C17H19BrN4O/c1-17(2,3)11-22-13-4-5-14(15(18)16(13)20-21-22)23-10-12-6-8-19-9-7-12/h4-9H,10-11H2,1-3H3. The molecule has 2 aromatic heterocycles. The molecule has 6 heteroatoms. The summed E-state index contributed by atoms with van der Waals surface area (Å²) in [5.41, 5.74) is 3.04. The van der Waals surface area contributed by atoms with Gasteiger partial charge in [0.25, 0.3) is 0 Å². The second kappa shape index (κ2) is 6.28. The number of rotatable bonds is 4. The number of hydrogen-bond donors (Lipinski definition) is 0. The fraction of sp³-hybridized carbons (Fsp3) is 0.353. The Bertz CT molecular complexity index is 809. The molecule has 3 aromatic rings. The van der Waals surface area contributed by atoms with Gasteiger partial charge in [-0.05, 0) is 51.2 Å². The molecular formula is C17H19BrN4O. The molecule has 0 radical (unpaired) electrons. The highest BCUT2D eigenvalue weighted by Crippen LogP contribution is 2.33. The van der Waals surface area contributed by atoms with E-state index in [2.05, 4.69) is 52.0 Å². The lowest BCUT2D eigenvalue weighted by molar-refractivity contribution is 0.304. The molecule has 0 spiro atoms. The summed E-state index contributed by atoms with van der Waals surface area (Å²) in [6.07, 6.45) is 3.52. The average molecular weight is 375 g/mol. The van der Waals surface area contributed by atoms with Gasteiger partial charge in [0.05, 0.1) is 9.99 Å². The Morgan fingerprint density at radius 3 is 2.57 bits per heavy atom. The van der Waals surface area contributed by atoms with Crippen molar-refractivity contribution in [3.63, 3.8) is 0 Å². The van der Waals surface area contributed by atoms with Crippen LogP contribution in [-0.4, -0.2) is 20.0 Å².